The Kier molecular flexibility index (Phi) is 4.65. The number of hydrogen-bond acceptors (Lipinski definition) is 7. The van der Waals surface area contributed by atoms with Gasteiger partial charge in [0.05, 0.1) is 26.0 Å². The highest BCUT2D eigenvalue weighted by Crippen LogP contribution is 2.33. The average molecular weight is 356 g/mol. The molecule has 0 amide bonds. The van der Waals surface area contributed by atoms with Gasteiger partial charge in [0, 0.05) is 37.7 Å². The molecule has 4 rings (SSSR count). The summed E-state index contributed by atoms with van der Waals surface area (Å²) in [6, 6.07) is 9.73. The van der Waals surface area contributed by atoms with E-state index in [4.69, 9.17) is 19.2 Å². The summed E-state index contributed by atoms with van der Waals surface area (Å²) in [4.78, 5) is 11.5. The average Bonchev–Trinajstić information content (AvgIpc) is 3.10. The largest absolute Gasteiger partial charge is 0.495 e. The van der Waals surface area contributed by atoms with Crippen molar-refractivity contribution in [3.63, 3.8) is 0 Å². The van der Waals surface area contributed by atoms with Gasteiger partial charge in [0.15, 0.2) is 5.79 Å². The Labute approximate surface area is 153 Å². The summed E-state index contributed by atoms with van der Waals surface area (Å²) in [6.45, 7) is 4.99. The molecule has 2 aliphatic heterocycles. The first-order chi connectivity index (χ1) is 12.7. The Balaban J connectivity index is 1.51. The van der Waals surface area contributed by atoms with Crippen LogP contribution in [0.1, 0.15) is 18.5 Å². The minimum atomic E-state index is -0.390. The van der Waals surface area contributed by atoms with E-state index in [0.717, 1.165) is 54.8 Å². The van der Waals surface area contributed by atoms with Gasteiger partial charge in [-0.3, -0.25) is 0 Å². The fourth-order valence-electron chi connectivity index (χ4n) is 3.48. The minimum Gasteiger partial charge on any atom is -0.495 e. The molecule has 0 radical (unpaired) electrons. The zero-order chi connectivity index (χ0) is 18.0. The van der Waals surface area contributed by atoms with Crippen LogP contribution in [0.15, 0.2) is 30.3 Å². The molecule has 3 heterocycles. The van der Waals surface area contributed by atoms with Gasteiger partial charge in [-0.05, 0) is 19.1 Å². The molecule has 0 unspecified atom stereocenters. The summed E-state index contributed by atoms with van der Waals surface area (Å²) in [5, 5.41) is 3.34. The van der Waals surface area contributed by atoms with Gasteiger partial charge >= 0.3 is 0 Å². The number of para-hydroxylation sites is 2. The fourth-order valence-corrected chi connectivity index (χ4v) is 3.48. The molecule has 0 atom stereocenters. The van der Waals surface area contributed by atoms with Gasteiger partial charge in [-0.2, -0.15) is 4.98 Å². The standard InChI is InChI=1S/C19H24N4O3/c1-14-13-17(21-15-5-3-4-6-16(15)24-2)22-18(20-14)23-9-7-19(8-10-23)25-11-12-26-19/h3-6,13H,7-12H2,1-2H3,(H,20,21,22). The van der Waals surface area contributed by atoms with E-state index < -0.39 is 5.79 Å². The first-order valence-electron chi connectivity index (χ1n) is 8.96. The summed E-state index contributed by atoms with van der Waals surface area (Å²) in [6.07, 6.45) is 1.67. The number of anilines is 3. The monoisotopic (exact) mass is 356 g/mol. The van der Waals surface area contributed by atoms with Crippen LogP contribution in [0.25, 0.3) is 0 Å². The highest BCUT2D eigenvalue weighted by Gasteiger charge is 2.40. The number of aryl methyl sites for hydroxylation is 1. The van der Waals surface area contributed by atoms with Crippen molar-refractivity contribution in [2.45, 2.75) is 25.6 Å². The molecule has 0 saturated carbocycles. The molecule has 1 N–H and O–H groups in total. The minimum absolute atomic E-state index is 0.390. The van der Waals surface area contributed by atoms with Crippen molar-refractivity contribution in [3.8, 4) is 5.75 Å². The van der Waals surface area contributed by atoms with Gasteiger partial charge < -0.3 is 24.4 Å². The van der Waals surface area contributed by atoms with Crippen LogP contribution in [0.2, 0.25) is 0 Å². The third kappa shape index (κ3) is 3.45. The maximum Gasteiger partial charge on any atom is 0.227 e. The molecule has 7 nitrogen and oxygen atoms in total. The first-order valence-corrected chi connectivity index (χ1v) is 8.96. The summed E-state index contributed by atoms with van der Waals surface area (Å²) >= 11 is 0. The van der Waals surface area contributed by atoms with E-state index in [1.54, 1.807) is 7.11 Å². The lowest BCUT2D eigenvalue weighted by molar-refractivity contribution is -0.169. The van der Waals surface area contributed by atoms with E-state index in [-0.39, 0.29) is 0 Å². The van der Waals surface area contributed by atoms with E-state index in [2.05, 4.69) is 15.2 Å². The van der Waals surface area contributed by atoms with E-state index in [9.17, 15) is 0 Å². The zero-order valence-electron chi connectivity index (χ0n) is 15.2. The van der Waals surface area contributed by atoms with Gasteiger partial charge in [0.2, 0.25) is 5.95 Å². The van der Waals surface area contributed by atoms with Crippen LogP contribution in [-0.2, 0) is 9.47 Å². The van der Waals surface area contributed by atoms with E-state index in [1.165, 1.54) is 0 Å². The Morgan fingerprint density at radius 1 is 1.12 bits per heavy atom. The Bertz CT molecular complexity index is 767. The molecule has 0 bridgehead atoms. The molecule has 7 heteroatoms. The molecular formula is C19H24N4O3. The number of benzene rings is 1. The summed E-state index contributed by atoms with van der Waals surface area (Å²) in [5.74, 6) is 1.88. The number of aromatic nitrogens is 2. The maximum absolute atomic E-state index is 5.80. The Morgan fingerprint density at radius 2 is 1.85 bits per heavy atom. The number of nitrogens with zero attached hydrogens (tertiary/aromatic N) is 3. The predicted octanol–water partition coefficient (Wildman–Crippen LogP) is 2.88. The van der Waals surface area contributed by atoms with Crippen molar-refractivity contribution < 1.29 is 14.2 Å². The van der Waals surface area contributed by atoms with Gasteiger partial charge in [-0.1, -0.05) is 12.1 Å². The lowest BCUT2D eigenvalue weighted by atomic mass is 10.0. The summed E-state index contributed by atoms with van der Waals surface area (Å²) < 4.78 is 17.0. The molecule has 2 aromatic rings. The van der Waals surface area contributed by atoms with Crippen LogP contribution in [0.4, 0.5) is 17.5 Å². The Morgan fingerprint density at radius 3 is 2.58 bits per heavy atom. The molecule has 2 aliphatic rings. The Hall–Kier alpha value is -2.38. The quantitative estimate of drug-likeness (QED) is 0.903. The molecular weight excluding hydrogens is 332 g/mol. The third-order valence-corrected chi connectivity index (χ3v) is 4.83. The number of piperidine rings is 1. The SMILES string of the molecule is COc1ccccc1Nc1cc(C)nc(N2CCC3(CC2)OCCO3)n1. The van der Waals surface area contributed by atoms with Crippen LogP contribution < -0.4 is 15.0 Å². The topological polar surface area (TPSA) is 68.7 Å². The van der Waals surface area contributed by atoms with Gasteiger partial charge in [-0.25, -0.2) is 4.98 Å². The second-order valence-corrected chi connectivity index (χ2v) is 6.61. The molecule has 138 valence electrons. The molecule has 1 aromatic carbocycles. The van der Waals surface area contributed by atoms with Crippen molar-refractivity contribution in [1.29, 1.82) is 0 Å². The highest BCUT2D eigenvalue weighted by molar-refractivity contribution is 5.64. The van der Waals surface area contributed by atoms with Gasteiger partial charge in [-0.15, -0.1) is 0 Å². The zero-order valence-corrected chi connectivity index (χ0v) is 15.2. The number of ether oxygens (including phenoxy) is 3. The van der Waals surface area contributed by atoms with Crippen molar-refractivity contribution in [1.82, 2.24) is 9.97 Å². The second kappa shape index (κ2) is 7.09. The van der Waals surface area contributed by atoms with Crippen LogP contribution in [-0.4, -0.2) is 49.2 Å². The van der Waals surface area contributed by atoms with Crippen LogP contribution in [0.3, 0.4) is 0 Å². The van der Waals surface area contributed by atoms with E-state index in [1.807, 2.05) is 37.3 Å². The maximum atomic E-state index is 5.80. The van der Waals surface area contributed by atoms with Gasteiger partial charge in [0.25, 0.3) is 0 Å². The molecule has 0 aliphatic carbocycles. The van der Waals surface area contributed by atoms with Crippen molar-refractivity contribution in [2.24, 2.45) is 0 Å². The lowest BCUT2D eigenvalue weighted by Gasteiger charge is -2.37. The molecule has 1 spiro atoms. The van der Waals surface area contributed by atoms with E-state index in [0.29, 0.717) is 13.2 Å². The molecule has 26 heavy (non-hydrogen) atoms. The van der Waals surface area contributed by atoms with Crippen molar-refractivity contribution in [3.05, 3.63) is 36.0 Å². The number of rotatable bonds is 4. The molecule has 2 saturated heterocycles. The number of hydrogen-bond donors (Lipinski definition) is 1. The molecule has 1 aromatic heterocycles. The molecule has 2 fully saturated rings. The van der Waals surface area contributed by atoms with Crippen LogP contribution in [0, 0.1) is 6.92 Å². The first kappa shape index (κ1) is 17.1. The summed E-state index contributed by atoms with van der Waals surface area (Å²) in [7, 11) is 1.66. The lowest BCUT2D eigenvalue weighted by Crippen LogP contribution is -2.45. The fraction of sp³-hybridized carbons (Fsp3) is 0.474. The highest BCUT2D eigenvalue weighted by atomic mass is 16.7. The van der Waals surface area contributed by atoms with E-state index >= 15 is 0 Å². The van der Waals surface area contributed by atoms with Gasteiger partial charge in [0.1, 0.15) is 11.6 Å². The third-order valence-electron chi connectivity index (χ3n) is 4.83. The normalized spacial score (nSPS) is 18.9. The predicted molar refractivity (Wildman–Crippen MR) is 99.1 cm³/mol. The van der Waals surface area contributed by atoms with Crippen molar-refractivity contribution >= 4 is 17.5 Å². The summed E-state index contributed by atoms with van der Waals surface area (Å²) in [5.41, 5.74) is 1.80. The smallest absolute Gasteiger partial charge is 0.227 e. The number of nitrogens with one attached hydrogen (secondary N) is 1. The number of methoxy groups -OCH3 is 1. The second-order valence-electron chi connectivity index (χ2n) is 6.61. The van der Waals surface area contributed by atoms with Crippen molar-refractivity contribution in [2.75, 3.05) is 43.6 Å². The van der Waals surface area contributed by atoms with Crippen LogP contribution >= 0.6 is 0 Å². The van der Waals surface area contributed by atoms with Crippen LogP contribution in [0.5, 0.6) is 5.75 Å².